The summed E-state index contributed by atoms with van der Waals surface area (Å²) in [6.45, 7) is 14.9. The molecule has 0 aromatic heterocycles. The predicted molar refractivity (Wildman–Crippen MR) is 136 cm³/mol. The van der Waals surface area contributed by atoms with Gasteiger partial charge in [0.25, 0.3) is 5.91 Å². The average Bonchev–Trinajstić information content (AvgIpc) is 3.47. The highest BCUT2D eigenvalue weighted by atomic mass is 16.5. The Morgan fingerprint density at radius 3 is 2.08 bits per heavy atom. The van der Waals surface area contributed by atoms with E-state index in [1.54, 1.807) is 0 Å². The van der Waals surface area contributed by atoms with E-state index in [9.17, 15) is 24.0 Å². The Labute approximate surface area is 219 Å². The molecule has 0 bridgehead atoms. The van der Waals surface area contributed by atoms with Gasteiger partial charge in [0.1, 0.15) is 12.1 Å². The molecule has 11 nitrogen and oxygen atoms in total. The molecule has 0 radical (unpaired) electrons. The van der Waals surface area contributed by atoms with Gasteiger partial charge >= 0.3 is 6.03 Å². The number of nitrogens with one attached hydrogen (secondary N) is 3. The van der Waals surface area contributed by atoms with Crippen molar-refractivity contribution in [2.45, 2.75) is 110 Å². The van der Waals surface area contributed by atoms with Crippen LogP contribution in [-0.2, 0) is 23.9 Å². The molecule has 5 atom stereocenters. The molecule has 3 aliphatic rings. The van der Waals surface area contributed by atoms with Gasteiger partial charge in [0.05, 0.1) is 17.7 Å². The van der Waals surface area contributed by atoms with Crippen LogP contribution in [0.1, 0.15) is 74.7 Å². The van der Waals surface area contributed by atoms with Crippen molar-refractivity contribution in [3.05, 3.63) is 0 Å². The third-order valence-electron chi connectivity index (χ3n) is 7.28. The van der Waals surface area contributed by atoms with Crippen molar-refractivity contribution < 1.29 is 28.7 Å². The highest BCUT2D eigenvalue weighted by molar-refractivity contribution is 6.37. The maximum atomic E-state index is 14.0. The zero-order valence-electron chi connectivity index (χ0n) is 23.3. The lowest BCUT2D eigenvalue weighted by Gasteiger charge is -2.49. The first-order chi connectivity index (χ1) is 16.8. The summed E-state index contributed by atoms with van der Waals surface area (Å²) >= 11 is 0. The van der Waals surface area contributed by atoms with Gasteiger partial charge in [-0.2, -0.15) is 0 Å². The van der Waals surface area contributed by atoms with Gasteiger partial charge in [0.2, 0.25) is 17.6 Å². The minimum atomic E-state index is -1.10. The molecule has 2 aliphatic heterocycles. The van der Waals surface area contributed by atoms with E-state index in [1.807, 2.05) is 55.4 Å². The summed E-state index contributed by atoms with van der Waals surface area (Å²) in [5.41, 5.74) is 3.40. The fourth-order valence-electron chi connectivity index (χ4n) is 5.35. The van der Waals surface area contributed by atoms with Crippen molar-refractivity contribution >= 4 is 29.5 Å². The summed E-state index contributed by atoms with van der Waals surface area (Å²) in [5.74, 6) is -2.94. The van der Waals surface area contributed by atoms with Crippen molar-refractivity contribution in [3.8, 4) is 0 Å². The number of nitrogens with two attached hydrogens (primary N) is 1. The monoisotopic (exact) mass is 521 g/mol. The van der Waals surface area contributed by atoms with Crippen LogP contribution < -0.4 is 21.7 Å². The number of carbonyl (C=O) groups excluding carboxylic acids is 5. The minimum absolute atomic E-state index is 0.178. The normalized spacial score (nSPS) is 26.3. The lowest BCUT2D eigenvalue weighted by atomic mass is 9.76. The number of ether oxygens (including phenoxy) is 1. The fraction of sp³-hybridized carbons (Fsp3) is 0.808. The largest absolute Gasteiger partial charge is 0.370 e. The van der Waals surface area contributed by atoms with E-state index in [4.69, 9.17) is 10.5 Å². The van der Waals surface area contributed by atoms with Crippen LogP contribution in [0.15, 0.2) is 0 Å². The summed E-state index contributed by atoms with van der Waals surface area (Å²) in [7, 11) is 0. The molecular formula is C26H43N5O6. The molecule has 5 N–H and O–H groups in total. The Balaban J connectivity index is 1.87. The van der Waals surface area contributed by atoms with Crippen LogP contribution >= 0.6 is 0 Å². The maximum Gasteiger partial charge on any atom is 0.315 e. The van der Waals surface area contributed by atoms with Crippen LogP contribution in [0.5, 0.6) is 0 Å². The Hall–Kier alpha value is -2.69. The Morgan fingerprint density at radius 1 is 1.03 bits per heavy atom. The van der Waals surface area contributed by atoms with Gasteiger partial charge in [0.15, 0.2) is 0 Å². The molecule has 0 aromatic carbocycles. The number of likely N-dealkylation sites (tertiary alicyclic amines) is 1. The van der Waals surface area contributed by atoms with Crippen LogP contribution in [0.3, 0.4) is 0 Å². The molecule has 3 rings (SSSR count). The van der Waals surface area contributed by atoms with Gasteiger partial charge in [-0.05, 0) is 52.4 Å². The van der Waals surface area contributed by atoms with Gasteiger partial charge in [-0.3, -0.25) is 19.2 Å². The smallest absolute Gasteiger partial charge is 0.315 e. The van der Waals surface area contributed by atoms with E-state index in [-0.39, 0.29) is 24.5 Å². The number of primary amides is 1. The van der Waals surface area contributed by atoms with Crippen LogP contribution in [0.4, 0.5) is 4.79 Å². The quantitative estimate of drug-likeness (QED) is 0.346. The second kappa shape index (κ2) is 9.89. The molecule has 3 fully saturated rings. The summed E-state index contributed by atoms with van der Waals surface area (Å²) in [6, 6.07) is -3.38. The summed E-state index contributed by atoms with van der Waals surface area (Å²) in [5, 5.41) is 8.34. The molecular weight excluding hydrogens is 478 g/mol. The number of fused-ring (bicyclic) bond motifs is 1. The van der Waals surface area contributed by atoms with Gasteiger partial charge in [-0.1, -0.05) is 33.6 Å². The third-order valence-corrected chi connectivity index (χ3v) is 7.28. The minimum Gasteiger partial charge on any atom is -0.370 e. The molecule has 2 unspecified atom stereocenters. The van der Waals surface area contributed by atoms with Crippen LogP contribution in [0, 0.1) is 17.3 Å². The predicted octanol–water partition coefficient (Wildman–Crippen LogP) is 0.843. The van der Waals surface area contributed by atoms with Crippen LogP contribution in [-0.4, -0.2) is 76.4 Å². The van der Waals surface area contributed by atoms with Crippen LogP contribution in [0.2, 0.25) is 0 Å². The maximum absolute atomic E-state index is 14.0. The number of rotatable bonds is 8. The third kappa shape index (κ3) is 6.61. The summed E-state index contributed by atoms with van der Waals surface area (Å²) < 4.78 is 5.97. The van der Waals surface area contributed by atoms with Gasteiger partial charge in [-0.25, -0.2) is 4.79 Å². The number of carbonyl (C=O) groups is 5. The average molecular weight is 522 g/mol. The molecule has 1 saturated carbocycles. The SMILES string of the molecule is CC(C)(C)NC(=O)NC(C(=O)N1C[C@@H]2OC(C)(C)[C@@H]2C1C(=O)N[C@@H](CC1CC1)C(=O)C(N)=O)C(C)(C)C. The fourth-order valence-corrected chi connectivity index (χ4v) is 5.35. The highest BCUT2D eigenvalue weighted by Gasteiger charge is 2.63. The molecule has 11 heteroatoms. The number of amides is 5. The second-order valence-corrected chi connectivity index (χ2v) is 13.3. The summed E-state index contributed by atoms with van der Waals surface area (Å²) in [4.78, 5) is 65.9. The first kappa shape index (κ1) is 28.9. The zero-order chi connectivity index (χ0) is 28.1. The molecule has 5 amide bonds. The van der Waals surface area contributed by atoms with Gasteiger partial charge < -0.3 is 31.3 Å². The number of hydrogen-bond acceptors (Lipinski definition) is 6. The van der Waals surface area contributed by atoms with E-state index in [0.717, 1.165) is 12.8 Å². The van der Waals surface area contributed by atoms with Crippen molar-refractivity contribution in [3.63, 3.8) is 0 Å². The van der Waals surface area contributed by atoms with E-state index in [1.165, 1.54) is 4.90 Å². The number of Topliss-reactive ketones (excluding diaryl/α,β-unsaturated/α-hetero) is 1. The van der Waals surface area contributed by atoms with Crippen molar-refractivity contribution in [1.82, 2.24) is 20.9 Å². The van der Waals surface area contributed by atoms with Gasteiger partial charge in [0, 0.05) is 18.0 Å². The molecule has 208 valence electrons. The second-order valence-electron chi connectivity index (χ2n) is 13.3. The Morgan fingerprint density at radius 2 is 1.62 bits per heavy atom. The van der Waals surface area contributed by atoms with Crippen molar-refractivity contribution in [2.24, 2.45) is 23.0 Å². The van der Waals surface area contributed by atoms with Crippen molar-refractivity contribution in [1.29, 1.82) is 0 Å². The first-order valence-corrected chi connectivity index (χ1v) is 13.0. The molecule has 37 heavy (non-hydrogen) atoms. The van der Waals surface area contributed by atoms with E-state index in [2.05, 4.69) is 16.0 Å². The van der Waals surface area contributed by atoms with Crippen LogP contribution in [0.25, 0.3) is 0 Å². The topological polar surface area (TPSA) is 160 Å². The Bertz CT molecular complexity index is 961. The number of ketones is 1. The highest BCUT2D eigenvalue weighted by Crippen LogP contribution is 2.48. The molecule has 2 heterocycles. The lowest BCUT2D eigenvalue weighted by molar-refractivity contribution is -0.225. The molecule has 2 saturated heterocycles. The number of hydrogen-bond donors (Lipinski definition) is 4. The lowest BCUT2D eigenvalue weighted by Crippen LogP contribution is -2.64. The molecule has 1 aliphatic carbocycles. The molecule has 0 spiro atoms. The van der Waals surface area contributed by atoms with E-state index < -0.39 is 64.2 Å². The number of urea groups is 1. The van der Waals surface area contributed by atoms with Gasteiger partial charge in [-0.15, -0.1) is 0 Å². The zero-order valence-corrected chi connectivity index (χ0v) is 23.3. The molecule has 0 aromatic rings. The number of nitrogens with zero attached hydrogens (tertiary/aromatic N) is 1. The first-order valence-electron chi connectivity index (χ1n) is 13.0. The van der Waals surface area contributed by atoms with E-state index in [0.29, 0.717) is 6.42 Å². The standard InChI is InChI=1S/C26H43N5O6/c1-24(2,3)19(29-23(36)30-25(4,5)6)22(35)31-12-15-16(26(7,8)37-15)17(31)21(34)28-14(11-13-9-10-13)18(32)20(27)33/h13-17,19H,9-12H2,1-8H3,(H2,27,33)(H,28,34)(H2,29,30,36)/t14-,15-,16-,17?,19?/m0/s1. The summed E-state index contributed by atoms with van der Waals surface area (Å²) in [6.07, 6.45) is 1.83. The Kier molecular flexibility index (Phi) is 7.71. The van der Waals surface area contributed by atoms with Crippen molar-refractivity contribution in [2.75, 3.05) is 6.54 Å². The van der Waals surface area contributed by atoms with E-state index >= 15 is 0 Å².